The zero-order valence-electron chi connectivity index (χ0n) is 5.78. The van der Waals surface area contributed by atoms with Gasteiger partial charge in [0.25, 0.3) is 0 Å². The second-order valence-electron chi connectivity index (χ2n) is 2.94. The highest BCUT2D eigenvalue weighted by Crippen LogP contribution is 2.38. The number of unbranched alkanes of at least 4 members (excludes halogenated alkanes) is 1. The van der Waals surface area contributed by atoms with E-state index in [1.807, 2.05) is 0 Å². The molecule has 0 fully saturated rings. The summed E-state index contributed by atoms with van der Waals surface area (Å²) < 4.78 is 0. The Hall–Kier alpha value is -0.260. The Balaban J connectivity index is 2.03. The molecular weight excluding hydrogens is 96.1 g/mol. The third kappa shape index (κ3) is 1.36. The van der Waals surface area contributed by atoms with E-state index >= 15 is 0 Å². The van der Waals surface area contributed by atoms with Gasteiger partial charge in [-0.15, -0.1) is 0 Å². The molecule has 46 valence electrons. The summed E-state index contributed by atoms with van der Waals surface area (Å²) in [6.07, 6.45) is 8.66. The molecule has 0 amide bonds. The van der Waals surface area contributed by atoms with E-state index in [-0.39, 0.29) is 0 Å². The Bertz CT molecular complexity index is 94.6. The molecular formula is C8H14. The largest absolute Gasteiger partial charge is 0.0780 e. The first-order valence-electron chi connectivity index (χ1n) is 3.47. The van der Waals surface area contributed by atoms with Crippen molar-refractivity contribution in [3.05, 3.63) is 12.2 Å². The minimum Gasteiger partial charge on any atom is -0.0780 e. The molecule has 8 heavy (non-hydrogen) atoms. The van der Waals surface area contributed by atoms with E-state index in [2.05, 4.69) is 26.0 Å². The van der Waals surface area contributed by atoms with E-state index in [1.54, 1.807) is 0 Å². The summed E-state index contributed by atoms with van der Waals surface area (Å²) in [6.45, 7) is 4.54. The van der Waals surface area contributed by atoms with Gasteiger partial charge in [-0.3, -0.25) is 0 Å². The fraction of sp³-hybridized carbons (Fsp3) is 0.750. The predicted octanol–water partition coefficient (Wildman–Crippen LogP) is 2.75. The lowest BCUT2D eigenvalue weighted by Gasteiger charge is -2.05. The maximum absolute atomic E-state index is 2.29. The van der Waals surface area contributed by atoms with Gasteiger partial charge in [-0.2, -0.15) is 0 Å². The van der Waals surface area contributed by atoms with Crippen LogP contribution in [0.3, 0.4) is 0 Å². The van der Waals surface area contributed by atoms with Gasteiger partial charge in [0.1, 0.15) is 0 Å². The summed E-state index contributed by atoms with van der Waals surface area (Å²) in [5, 5.41) is 0. The topological polar surface area (TPSA) is 0 Å². The van der Waals surface area contributed by atoms with Crippen LogP contribution < -0.4 is 0 Å². The maximum Gasteiger partial charge on any atom is 0.00333 e. The third-order valence-corrected chi connectivity index (χ3v) is 1.80. The highest BCUT2D eigenvalue weighted by molar-refractivity contribution is 5.23. The predicted molar refractivity (Wildman–Crippen MR) is 36.8 cm³/mol. The molecule has 1 rings (SSSR count). The second kappa shape index (κ2) is 1.93. The molecule has 0 unspecified atom stereocenters. The molecule has 0 N–H and O–H groups in total. The summed E-state index contributed by atoms with van der Waals surface area (Å²) in [5.74, 6) is 0. The molecule has 0 heteroatoms. The van der Waals surface area contributed by atoms with Crippen LogP contribution in [-0.2, 0) is 0 Å². The Kier molecular flexibility index (Phi) is 1.41. The van der Waals surface area contributed by atoms with Crippen LogP contribution in [0, 0.1) is 5.41 Å². The van der Waals surface area contributed by atoms with Crippen molar-refractivity contribution in [3.8, 4) is 0 Å². The van der Waals surface area contributed by atoms with Crippen LogP contribution >= 0.6 is 0 Å². The Labute approximate surface area is 51.6 Å². The number of allylic oxidation sites excluding steroid dienone is 2. The van der Waals surface area contributed by atoms with E-state index in [0.29, 0.717) is 5.41 Å². The van der Waals surface area contributed by atoms with Gasteiger partial charge < -0.3 is 0 Å². The minimum atomic E-state index is 0.552. The first-order chi connectivity index (χ1) is 3.77. The van der Waals surface area contributed by atoms with Gasteiger partial charge in [-0.05, 0) is 6.42 Å². The zero-order chi connectivity index (χ0) is 6.04. The van der Waals surface area contributed by atoms with Crippen LogP contribution in [0.15, 0.2) is 12.2 Å². The van der Waals surface area contributed by atoms with E-state index in [4.69, 9.17) is 0 Å². The van der Waals surface area contributed by atoms with Crippen LogP contribution in [0.1, 0.15) is 33.1 Å². The summed E-state index contributed by atoms with van der Waals surface area (Å²) >= 11 is 0. The Morgan fingerprint density at radius 1 is 1.38 bits per heavy atom. The molecule has 0 bridgehead atoms. The highest BCUT2D eigenvalue weighted by atomic mass is 14.3. The van der Waals surface area contributed by atoms with Crippen LogP contribution in [0.25, 0.3) is 0 Å². The number of hydrogen-bond acceptors (Lipinski definition) is 0. The van der Waals surface area contributed by atoms with Gasteiger partial charge >= 0.3 is 0 Å². The van der Waals surface area contributed by atoms with Gasteiger partial charge in [0.2, 0.25) is 0 Å². The van der Waals surface area contributed by atoms with Crippen molar-refractivity contribution in [2.24, 2.45) is 5.41 Å². The van der Waals surface area contributed by atoms with Crippen LogP contribution in [0.5, 0.6) is 0 Å². The maximum atomic E-state index is 2.29. The third-order valence-electron chi connectivity index (χ3n) is 1.80. The second-order valence-corrected chi connectivity index (χ2v) is 2.94. The molecule has 1 aliphatic carbocycles. The molecule has 1 aliphatic rings. The molecule has 0 aromatic heterocycles. The zero-order valence-corrected chi connectivity index (χ0v) is 5.78. The average molecular weight is 110 g/mol. The first-order valence-corrected chi connectivity index (χ1v) is 3.47. The molecule has 0 saturated carbocycles. The quantitative estimate of drug-likeness (QED) is 0.490. The molecule has 0 atom stereocenters. The normalized spacial score (nSPS) is 21.2. The van der Waals surface area contributed by atoms with Crippen molar-refractivity contribution in [1.82, 2.24) is 0 Å². The van der Waals surface area contributed by atoms with Crippen LogP contribution in [-0.4, -0.2) is 0 Å². The van der Waals surface area contributed by atoms with Crippen molar-refractivity contribution >= 4 is 0 Å². The fourth-order valence-electron chi connectivity index (χ4n) is 0.867. The SMILES string of the molecule is CCCCC1(C)C=C1. The van der Waals surface area contributed by atoms with Gasteiger partial charge in [0.15, 0.2) is 0 Å². The first kappa shape index (κ1) is 5.87. The molecule has 0 radical (unpaired) electrons. The van der Waals surface area contributed by atoms with E-state index in [0.717, 1.165) is 0 Å². The highest BCUT2D eigenvalue weighted by Gasteiger charge is 2.25. The van der Waals surface area contributed by atoms with Crippen molar-refractivity contribution < 1.29 is 0 Å². The lowest BCUT2D eigenvalue weighted by molar-refractivity contribution is 0.538. The van der Waals surface area contributed by atoms with E-state index < -0.39 is 0 Å². The van der Waals surface area contributed by atoms with E-state index in [9.17, 15) is 0 Å². The lowest BCUT2D eigenvalue weighted by Crippen LogP contribution is -1.93. The van der Waals surface area contributed by atoms with Crippen LogP contribution in [0.2, 0.25) is 0 Å². The van der Waals surface area contributed by atoms with Gasteiger partial charge in [0, 0.05) is 5.41 Å². The van der Waals surface area contributed by atoms with Crippen LogP contribution in [0.4, 0.5) is 0 Å². The standard InChI is InChI=1S/C8H14/c1-3-4-5-8(2)6-7-8/h6-7H,3-5H2,1-2H3. The van der Waals surface area contributed by atoms with E-state index in [1.165, 1.54) is 19.3 Å². The molecule has 0 spiro atoms. The molecule has 0 aromatic rings. The summed E-state index contributed by atoms with van der Waals surface area (Å²) in [4.78, 5) is 0. The Morgan fingerprint density at radius 3 is 2.38 bits per heavy atom. The average Bonchev–Trinajstić information content (AvgIpc) is 2.45. The summed E-state index contributed by atoms with van der Waals surface area (Å²) in [6, 6.07) is 0. The smallest absolute Gasteiger partial charge is 0.00333 e. The molecule has 0 saturated heterocycles. The van der Waals surface area contributed by atoms with Crippen molar-refractivity contribution in [1.29, 1.82) is 0 Å². The number of hydrogen-bond donors (Lipinski definition) is 0. The van der Waals surface area contributed by atoms with Crippen molar-refractivity contribution in [2.45, 2.75) is 33.1 Å². The molecule has 0 aromatic carbocycles. The molecule has 0 heterocycles. The summed E-state index contributed by atoms with van der Waals surface area (Å²) in [5.41, 5.74) is 0.552. The minimum absolute atomic E-state index is 0.552. The monoisotopic (exact) mass is 110 g/mol. The molecule has 0 nitrogen and oxygen atoms in total. The van der Waals surface area contributed by atoms with Gasteiger partial charge in [-0.1, -0.05) is 38.8 Å². The fourth-order valence-corrected chi connectivity index (χ4v) is 0.867. The number of rotatable bonds is 3. The van der Waals surface area contributed by atoms with Crippen molar-refractivity contribution in [2.75, 3.05) is 0 Å². The van der Waals surface area contributed by atoms with Gasteiger partial charge in [-0.25, -0.2) is 0 Å². The summed E-state index contributed by atoms with van der Waals surface area (Å²) in [7, 11) is 0. The molecule has 0 aliphatic heterocycles. The lowest BCUT2D eigenvalue weighted by atomic mass is 10.00. The van der Waals surface area contributed by atoms with Gasteiger partial charge in [0.05, 0.1) is 0 Å². The van der Waals surface area contributed by atoms with Crippen molar-refractivity contribution in [3.63, 3.8) is 0 Å². The Morgan fingerprint density at radius 2 is 2.00 bits per heavy atom.